The SMILES string of the molecule is CC(=Cn1c2c(c3cc(C)ccc31)CN(C)CC2)c1cnno1. The van der Waals surface area contributed by atoms with Crippen molar-refractivity contribution in [1.29, 1.82) is 0 Å². The third kappa shape index (κ3) is 2.37. The first kappa shape index (κ1) is 14.2. The van der Waals surface area contributed by atoms with Crippen LogP contribution < -0.4 is 0 Å². The smallest absolute Gasteiger partial charge is 0.184 e. The molecule has 0 N–H and O–H groups in total. The van der Waals surface area contributed by atoms with Gasteiger partial charge in [0.1, 0.15) is 0 Å². The maximum Gasteiger partial charge on any atom is 0.184 e. The number of hydrogen-bond acceptors (Lipinski definition) is 4. The molecule has 2 aromatic heterocycles. The van der Waals surface area contributed by atoms with E-state index in [9.17, 15) is 0 Å². The zero-order valence-corrected chi connectivity index (χ0v) is 13.7. The average molecular weight is 308 g/mol. The molecule has 3 aromatic rings. The summed E-state index contributed by atoms with van der Waals surface area (Å²) in [5.74, 6) is 0.709. The summed E-state index contributed by atoms with van der Waals surface area (Å²) in [7, 11) is 2.18. The lowest BCUT2D eigenvalue weighted by Gasteiger charge is -2.23. The summed E-state index contributed by atoms with van der Waals surface area (Å²) in [4.78, 5) is 2.38. The first-order chi connectivity index (χ1) is 11.1. The van der Waals surface area contributed by atoms with Crippen LogP contribution in [-0.2, 0) is 13.0 Å². The first-order valence-electron chi connectivity index (χ1n) is 7.90. The van der Waals surface area contributed by atoms with Crippen molar-refractivity contribution in [3.63, 3.8) is 0 Å². The van der Waals surface area contributed by atoms with Gasteiger partial charge in [-0.3, -0.25) is 0 Å². The topological polar surface area (TPSA) is 47.1 Å². The highest BCUT2D eigenvalue weighted by atomic mass is 16.5. The molecule has 0 spiro atoms. The van der Waals surface area contributed by atoms with Crippen molar-refractivity contribution < 1.29 is 4.52 Å². The molecule has 0 radical (unpaired) electrons. The van der Waals surface area contributed by atoms with Gasteiger partial charge >= 0.3 is 0 Å². The Morgan fingerprint density at radius 3 is 3.00 bits per heavy atom. The monoisotopic (exact) mass is 308 g/mol. The predicted octanol–water partition coefficient (Wildman–Crippen LogP) is 3.34. The lowest BCUT2D eigenvalue weighted by Crippen LogP contribution is -2.26. The highest BCUT2D eigenvalue weighted by Gasteiger charge is 2.22. The van der Waals surface area contributed by atoms with Gasteiger partial charge in [0, 0.05) is 47.6 Å². The fourth-order valence-electron chi connectivity index (χ4n) is 3.39. The quantitative estimate of drug-likeness (QED) is 0.728. The molecule has 0 bridgehead atoms. The second kappa shape index (κ2) is 5.35. The van der Waals surface area contributed by atoms with Crippen LogP contribution in [0.5, 0.6) is 0 Å². The van der Waals surface area contributed by atoms with Gasteiger partial charge in [-0.15, -0.1) is 5.10 Å². The van der Waals surface area contributed by atoms with Crippen LogP contribution in [0.4, 0.5) is 0 Å². The van der Waals surface area contributed by atoms with Crippen molar-refractivity contribution in [2.75, 3.05) is 13.6 Å². The van der Waals surface area contributed by atoms with E-state index in [0.717, 1.165) is 25.1 Å². The number of aromatic nitrogens is 3. The third-order valence-electron chi connectivity index (χ3n) is 4.61. The maximum atomic E-state index is 5.19. The van der Waals surface area contributed by atoms with Crippen molar-refractivity contribution >= 4 is 22.7 Å². The zero-order chi connectivity index (χ0) is 16.0. The van der Waals surface area contributed by atoms with E-state index >= 15 is 0 Å². The van der Waals surface area contributed by atoms with Crippen molar-refractivity contribution in [3.8, 4) is 0 Å². The van der Waals surface area contributed by atoms with Gasteiger partial charge in [-0.1, -0.05) is 11.6 Å². The Morgan fingerprint density at radius 1 is 1.35 bits per heavy atom. The number of rotatable bonds is 2. The molecule has 3 heterocycles. The van der Waals surface area contributed by atoms with Crippen molar-refractivity contribution in [3.05, 3.63) is 47.0 Å². The molecule has 23 heavy (non-hydrogen) atoms. The molecule has 1 aliphatic heterocycles. The minimum Gasteiger partial charge on any atom is -0.337 e. The van der Waals surface area contributed by atoms with E-state index in [-0.39, 0.29) is 0 Å². The van der Waals surface area contributed by atoms with Crippen LogP contribution in [0.1, 0.15) is 29.5 Å². The molecule has 1 aromatic carbocycles. The lowest BCUT2D eigenvalue weighted by molar-refractivity contribution is 0.312. The first-order valence-corrected chi connectivity index (χ1v) is 7.90. The van der Waals surface area contributed by atoms with Crippen LogP contribution in [0.2, 0.25) is 0 Å². The van der Waals surface area contributed by atoms with Gasteiger partial charge in [0.05, 0.1) is 11.7 Å². The van der Waals surface area contributed by atoms with E-state index in [1.165, 1.54) is 27.7 Å². The molecule has 0 aliphatic carbocycles. The third-order valence-corrected chi connectivity index (χ3v) is 4.61. The summed E-state index contributed by atoms with van der Waals surface area (Å²) in [6, 6.07) is 6.68. The predicted molar refractivity (Wildman–Crippen MR) is 90.9 cm³/mol. The minimum atomic E-state index is 0.709. The van der Waals surface area contributed by atoms with Crippen molar-refractivity contribution in [1.82, 2.24) is 19.8 Å². The Labute approximate surface area is 135 Å². The number of nitrogens with zero attached hydrogens (tertiary/aromatic N) is 4. The van der Waals surface area contributed by atoms with E-state index in [2.05, 4.69) is 58.2 Å². The number of fused-ring (bicyclic) bond motifs is 3. The highest BCUT2D eigenvalue weighted by Crippen LogP contribution is 2.32. The standard InChI is InChI=1S/C18H20N4O/c1-12-4-5-16-14(8-12)15-11-21(3)7-6-17(15)22(16)10-13(2)18-9-19-20-23-18/h4-5,8-10H,6-7,11H2,1-3H3. The van der Waals surface area contributed by atoms with E-state index in [0.29, 0.717) is 5.76 Å². The summed E-state index contributed by atoms with van der Waals surface area (Å²) in [5.41, 5.74) is 6.41. The molecule has 1 aliphatic rings. The number of aryl methyl sites for hydroxylation is 1. The van der Waals surface area contributed by atoms with Crippen LogP contribution in [0.3, 0.4) is 0 Å². The number of benzene rings is 1. The summed E-state index contributed by atoms with van der Waals surface area (Å²) in [5, 5.41) is 8.69. The van der Waals surface area contributed by atoms with Gasteiger partial charge in [-0.05, 0) is 38.6 Å². The Balaban J connectivity index is 1.94. The summed E-state index contributed by atoms with van der Waals surface area (Å²) >= 11 is 0. The largest absolute Gasteiger partial charge is 0.337 e. The maximum absolute atomic E-state index is 5.19. The van der Waals surface area contributed by atoms with Crippen molar-refractivity contribution in [2.45, 2.75) is 26.8 Å². The second-order valence-electron chi connectivity index (χ2n) is 6.40. The van der Waals surface area contributed by atoms with E-state index < -0.39 is 0 Å². The molecule has 0 saturated heterocycles. The Hall–Kier alpha value is -2.40. The van der Waals surface area contributed by atoms with Gasteiger partial charge in [0.15, 0.2) is 5.76 Å². The molecule has 0 saturated carbocycles. The fourth-order valence-corrected chi connectivity index (χ4v) is 3.39. The molecule has 0 amide bonds. The van der Waals surface area contributed by atoms with Gasteiger partial charge in [0.25, 0.3) is 0 Å². The van der Waals surface area contributed by atoms with Crippen LogP contribution in [0.15, 0.2) is 28.9 Å². The Bertz CT molecular complexity index is 890. The second-order valence-corrected chi connectivity index (χ2v) is 6.40. The lowest BCUT2D eigenvalue weighted by atomic mass is 10.0. The van der Waals surface area contributed by atoms with Gasteiger partial charge in [-0.25, -0.2) is 0 Å². The normalized spacial score (nSPS) is 16.0. The number of hydrogen-bond donors (Lipinski definition) is 0. The number of likely N-dealkylation sites (N-methyl/N-ethyl adjacent to an activating group) is 1. The van der Waals surface area contributed by atoms with Crippen LogP contribution in [-0.4, -0.2) is 33.4 Å². The van der Waals surface area contributed by atoms with Crippen LogP contribution in [0.25, 0.3) is 22.7 Å². The Kier molecular flexibility index (Phi) is 3.31. The molecule has 4 rings (SSSR count). The number of allylic oxidation sites excluding steroid dienone is 1. The molecule has 5 nitrogen and oxygen atoms in total. The molecule has 118 valence electrons. The molecule has 0 atom stereocenters. The van der Waals surface area contributed by atoms with Gasteiger partial charge in [0.2, 0.25) is 0 Å². The fraction of sp³-hybridized carbons (Fsp3) is 0.333. The molecule has 5 heteroatoms. The highest BCUT2D eigenvalue weighted by molar-refractivity contribution is 5.90. The Morgan fingerprint density at radius 2 is 2.22 bits per heavy atom. The van der Waals surface area contributed by atoms with E-state index in [1.54, 1.807) is 6.20 Å². The van der Waals surface area contributed by atoms with Gasteiger partial charge < -0.3 is 14.0 Å². The summed E-state index contributed by atoms with van der Waals surface area (Å²) < 4.78 is 7.50. The van der Waals surface area contributed by atoms with Gasteiger partial charge in [-0.2, -0.15) is 0 Å². The van der Waals surface area contributed by atoms with E-state index in [1.807, 2.05) is 6.92 Å². The van der Waals surface area contributed by atoms with Crippen LogP contribution >= 0.6 is 0 Å². The molecule has 0 fully saturated rings. The average Bonchev–Trinajstić information content (AvgIpc) is 3.15. The minimum absolute atomic E-state index is 0.709. The summed E-state index contributed by atoms with van der Waals surface area (Å²) in [6.07, 6.45) is 4.85. The summed E-state index contributed by atoms with van der Waals surface area (Å²) in [6.45, 7) is 6.26. The van der Waals surface area contributed by atoms with Crippen molar-refractivity contribution in [2.24, 2.45) is 0 Å². The molecular formula is C18H20N4O. The zero-order valence-electron chi connectivity index (χ0n) is 13.7. The molecule has 0 unspecified atom stereocenters. The van der Waals surface area contributed by atoms with E-state index in [4.69, 9.17) is 4.52 Å². The van der Waals surface area contributed by atoms with Crippen LogP contribution in [0, 0.1) is 6.92 Å². The molecular weight excluding hydrogens is 288 g/mol.